The van der Waals surface area contributed by atoms with E-state index in [-0.39, 0.29) is 12.1 Å². The molecule has 1 aliphatic rings. The molecule has 0 spiro atoms. The minimum atomic E-state index is -0.318. The van der Waals surface area contributed by atoms with Gasteiger partial charge in [-0.1, -0.05) is 43.2 Å². The van der Waals surface area contributed by atoms with Crippen molar-refractivity contribution in [2.45, 2.75) is 38.8 Å². The van der Waals surface area contributed by atoms with Crippen molar-refractivity contribution in [1.29, 1.82) is 0 Å². The van der Waals surface area contributed by atoms with Gasteiger partial charge in [0.05, 0.1) is 0 Å². The van der Waals surface area contributed by atoms with E-state index in [1.54, 1.807) is 0 Å². The standard InChI is InChI=1S/C14H19NO2/c1-11(9-12-7-8-12)15-14(16)17-10-13-5-3-2-4-6-13/h2-6,11-12H,7-10H2,1H3,(H,15,16). The number of carbonyl (C=O) groups is 1. The fourth-order valence-corrected chi connectivity index (χ4v) is 1.88. The molecule has 0 bridgehead atoms. The number of hydrogen-bond acceptors (Lipinski definition) is 2. The van der Waals surface area contributed by atoms with Crippen LogP contribution in [-0.4, -0.2) is 12.1 Å². The van der Waals surface area contributed by atoms with E-state index in [9.17, 15) is 4.79 Å². The highest BCUT2D eigenvalue weighted by atomic mass is 16.5. The van der Waals surface area contributed by atoms with Crippen LogP contribution in [0.5, 0.6) is 0 Å². The topological polar surface area (TPSA) is 38.3 Å². The third-order valence-corrected chi connectivity index (χ3v) is 2.96. The summed E-state index contributed by atoms with van der Waals surface area (Å²) < 4.78 is 5.15. The first-order valence-corrected chi connectivity index (χ1v) is 6.21. The third kappa shape index (κ3) is 4.47. The number of alkyl carbamates (subject to hydrolysis) is 1. The van der Waals surface area contributed by atoms with Crippen molar-refractivity contribution in [3.63, 3.8) is 0 Å². The summed E-state index contributed by atoms with van der Waals surface area (Å²) >= 11 is 0. The lowest BCUT2D eigenvalue weighted by atomic mass is 10.2. The van der Waals surface area contributed by atoms with Gasteiger partial charge in [-0.05, 0) is 24.8 Å². The molecule has 92 valence electrons. The molecule has 1 amide bonds. The number of hydrogen-bond donors (Lipinski definition) is 1. The van der Waals surface area contributed by atoms with E-state index in [0.717, 1.165) is 17.9 Å². The molecule has 0 aromatic heterocycles. The zero-order chi connectivity index (χ0) is 12.1. The molecule has 1 aromatic rings. The summed E-state index contributed by atoms with van der Waals surface area (Å²) in [7, 11) is 0. The van der Waals surface area contributed by atoms with Crippen LogP contribution < -0.4 is 5.32 Å². The van der Waals surface area contributed by atoms with Gasteiger partial charge < -0.3 is 10.1 Å². The fourth-order valence-electron chi connectivity index (χ4n) is 1.88. The SMILES string of the molecule is CC(CC1CC1)NC(=O)OCc1ccccc1. The van der Waals surface area contributed by atoms with Crippen LogP contribution in [0.1, 0.15) is 31.7 Å². The molecule has 0 aliphatic heterocycles. The first-order valence-electron chi connectivity index (χ1n) is 6.21. The Morgan fingerprint density at radius 2 is 2.12 bits per heavy atom. The Morgan fingerprint density at radius 3 is 2.76 bits per heavy atom. The Bertz CT molecular complexity index is 360. The van der Waals surface area contributed by atoms with Crippen LogP contribution in [0.4, 0.5) is 4.79 Å². The zero-order valence-electron chi connectivity index (χ0n) is 10.2. The molecule has 1 atom stereocenters. The van der Waals surface area contributed by atoms with Crippen molar-refractivity contribution in [3.8, 4) is 0 Å². The second-order valence-corrected chi connectivity index (χ2v) is 4.79. The molecule has 1 aromatic carbocycles. The summed E-state index contributed by atoms with van der Waals surface area (Å²) in [5.74, 6) is 0.819. The number of benzene rings is 1. The van der Waals surface area contributed by atoms with Crippen molar-refractivity contribution in [3.05, 3.63) is 35.9 Å². The predicted molar refractivity (Wildman–Crippen MR) is 66.6 cm³/mol. The zero-order valence-corrected chi connectivity index (χ0v) is 10.2. The summed E-state index contributed by atoms with van der Waals surface area (Å²) in [5.41, 5.74) is 1.01. The van der Waals surface area contributed by atoms with E-state index in [0.29, 0.717) is 6.61 Å². The van der Waals surface area contributed by atoms with E-state index in [1.165, 1.54) is 12.8 Å². The molecule has 1 fully saturated rings. The van der Waals surface area contributed by atoms with Crippen molar-refractivity contribution in [2.24, 2.45) is 5.92 Å². The van der Waals surface area contributed by atoms with Crippen LogP contribution in [0.2, 0.25) is 0 Å². The number of amides is 1. The van der Waals surface area contributed by atoms with Crippen LogP contribution >= 0.6 is 0 Å². The number of carbonyl (C=O) groups excluding carboxylic acids is 1. The van der Waals surface area contributed by atoms with Crippen LogP contribution in [0.25, 0.3) is 0 Å². The fraction of sp³-hybridized carbons (Fsp3) is 0.500. The smallest absolute Gasteiger partial charge is 0.407 e. The summed E-state index contributed by atoms with van der Waals surface area (Å²) in [6.07, 6.45) is 3.37. The Morgan fingerprint density at radius 1 is 1.41 bits per heavy atom. The molecule has 1 saturated carbocycles. The Balaban J connectivity index is 1.66. The molecule has 1 aliphatic carbocycles. The second kappa shape index (κ2) is 5.71. The monoisotopic (exact) mass is 233 g/mol. The summed E-state index contributed by atoms with van der Waals surface area (Å²) in [5, 5.41) is 2.86. The minimum Gasteiger partial charge on any atom is -0.445 e. The largest absolute Gasteiger partial charge is 0.445 e. The molecule has 3 nitrogen and oxygen atoms in total. The van der Waals surface area contributed by atoms with E-state index in [2.05, 4.69) is 5.32 Å². The van der Waals surface area contributed by atoms with Crippen molar-refractivity contribution < 1.29 is 9.53 Å². The van der Waals surface area contributed by atoms with Crippen molar-refractivity contribution >= 4 is 6.09 Å². The molecule has 0 radical (unpaired) electrons. The van der Waals surface area contributed by atoms with Crippen molar-refractivity contribution in [1.82, 2.24) is 5.32 Å². The quantitative estimate of drug-likeness (QED) is 0.848. The summed E-state index contributed by atoms with van der Waals surface area (Å²) in [6.45, 7) is 2.37. The Kier molecular flexibility index (Phi) is 4.02. The highest BCUT2D eigenvalue weighted by Crippen LogP contribution is 2.33. The maximum atomic E-state index is 11.5. The lowest BCUT2D eigenvalue weighted by molar-refractivity contribution is 0.135. The maximum absolute atomic E-state index is 11.5. The normalized spacial score (nSPS) is 16.3. The third-order valence-electron chi connectivity index (χ3n) is 2.96. The number of nitrogens with one attached hydrogen (secondary N) is 1. The summed E-state index contributed by atoms with van der Waals surface area (Å²) in [4.78, 5) is 11.5. The van der Waals surface area contributed by atoms with Crippen LogP contribution in [0.3, 0.4) is 0 Å². The van der Waals surface area contributed by atoms with Gasteiger partial charge in [0.15, 0.2) is 0 Å². The minimum absolute atomic E-state index is 0.214. The Hall–Kier alpha value is -1.51. The van der Waals surface area contributed by atoms with Gasteiger partial charge in [0.25, 0.3) is 0 Å². The van der Waals surface area contributed by atoms with Gasteiger partial charge in [-0.15, -0.1) is 0 Å². The van der Waals surface area contributed by atoms with Gasteiger partial charge in [-0.3, -0.25) is 0 Å². The molecule has 0 heterocycles. The lowest BCUT2D eigenvalue weighted by Gasteiger charge is -2.13. The van der Waals surface area contributed by atoms with Crippen LogP contribution in [-0.2, 0) is 11.3 Å². The highest BCUT2D eigenvalue weighted by molar-refractivity contribution is 5.67. The van der Waals surface area contributed by atoms with E-state index < -0.39 is 0 Å². The number of ether oxygens (including phenoxy) is 1. The molecule has 3 heteroatoms. The van der Waals surface area contributed by atoms with Gasteiger partial charge in [0.2, 0.25) is 0 Å². The molecule has 1 unspecified atom stereocenters. The van der Waals surface area contributed by atoms with E-state index in [4.69, 9.17) is 4.74 Å². The van der Waals surface area contributed by atoms with E-state index in [1.807, 2.05) is 37.3 Å². The van der Waals surface area contributed by atoms with Gasteiger partial charge >= 0.3 is 6.09 Å². The molecule has 1 N–H and O–H groups in total. The first-order chi connectivity index (χ1) is 8.24. The van der Waals surface area contributed by atoms with E-state index >= 15 is 0 Å². The molecule has 0 saturated heterocycles. The molecule has 2 rings (SSSR count). The van der Waals surface area contributed by atoms with Gasteiger partial charge in [-0.25, -0.2) is 4.79 Å². The molecule has 17 heavy (non-hydrogen) atoms. The predicted octanol–water partition coefficient (Wildman–Crippen LogP) is 3.10. The average Bonchev–Trinajstić information content (AvgIpc) is 3.11. The second-order valence-electron chi connectivity index (χ2n) is 4.79. The van der Waals surface area contributed by atoms with Gasteiger partial charge in [0, 0.05) is 6.04 Å². The molecular weight excluding hydrogens is 214 g/mol. The lowest BCUT2D eigenvalue weighted by Crippen LogP contribution is -2.33. The number of rotatable bonds is 5. The van der Waals surface area contributed by atoms with Crippen molar-refractivity contribution in [2.75, 3.05) is 0 Å². The highest BCUT2D eigenvalue weighted by Gasteiger charge is 2.24. The van der Waals surface area contributed by atoms with Gasteiger partial charge in [0.1, 0.15) is 6.61 Å². The maximum Gasteiger partial charge on any atom is 0.407 e. The Labute approximate surface area is 102 Å². The average molecular weight is 233 g/mol. The van der Waals surface area contributed by atoms with Crippen LogP contribution in [0.15, 0.2) is 30.3 Å². The summed E-state index contributed by atoms with van der Waals surface area (Å²) in [6, 6.07) is 9.92. The van der Waals surface area contributed by atoms with Crippen LogP contribution in [0, 0.1) is 5.92 Å². The molecular formula is C14H19NO2. The van der Waals surface area contributed by atoms with Gasteiger partial charge in [-0.2, -0.15) is 0 Å². The first kappa shape index (κ1) is 12.0.